The van der Waals surface area contributed by atoms with Crippen LogP contribution in [0.5, 0.6) is 0 Å². The molecule has 3 nitrogen and oxygen atoms in total. The van der Waals surface area contributed by atoms with Gasteiger partial charge in [0.15, 0.2) is 0 Å². The third-order valence-electron chi connectivity index (χ3n) is 2.77. The number of amides is 1. The van der Waals surface area contributed by atoms with Crippen LogP contribution < -0.4 is 9.62 Å². The lowest BCUT2D eigenvalue weighted by Gasteiger charge is -2.28. The zero-order valence-electron chi connectivity index (χ0n) is 9.62. The fourth-order valence-electron chi connectivity index (χ4n) is 2.08. The number of hydrogen-bond donors (Lipinski definition) is 1. The lowest BCUT2D eigenvalue weighted by atomic mass is 10.0. The molecule has 0 atom stereocenters. The number of nitrogens with one attached hydrogen (secondary N) is 1. The van der Waals surface area contributed by atoms with Gasteiger partial charge >= 0.3 is 0 Å². The molecule has 1 aromatic rings. The molecule has 1 aliphatic rings. The Bertz CT molecular complexity index is 406. The molecule has 1 amide bonds. The van der Waals surface area contributed by atoms with Crippen LogP contribution in [-0.2, 0) is 11.2 Å². The number of hydrogen-bond acceptors (Lipinski definition) is 3. The molecular formula is C12H16N2OS. The molecule has 0 unspecified atom stereocenters. The van der Waals surface area contributed by atoms with Crippen molar-refractivity contribution in [1.82, 2.24) is 4.72 Å². The molecule has 1 aromatic carbocycles. The minimum atomic E-state index is 0.134. The van der Waals surface area contributed by atoms with E-state index < -0.39 is 0 Å². The molecule has 1 heterocycles. The summed E-state index contributed by atoms with van der Waals surface area (Å²) in [5, 5.41) is 0. The third kappa shape index (κ3) is 2.23. The lowest BCUT2D eigenvalue weighted by Crippen LogP contribution is -2.33. The Balaban J connectivity index is 2.33. The summed E-state index contributed by atoms with van der Waals surface area (Å²) in [6.07, 6.45) is 2.12. The Kier molecular flexibility index (Phi) is 3.51. The van der Waals surface area contributed by atoms with E-state index in [-0.39, 0.29) is 5.91 Å². The molecule has 0 radical (unpaired) electrons. The van der Waals surface area contributed by atoms with E-state index >= 15 is 0 Å². The van der Waals surface area contributed by atoms with Crippen molar-refractivity contribution < 1.29 is 4.79 Å². The molecule has 1 N–H and O–H groups in total. The highest BCUT2D eigenvalue weighted by Gasteiger charge is 2.19. The first-order valence-corrected chi connectivity index (χ1v) is 6.28. The highest BCUT2D eigenvalue weighted by molar-refractivity contribution is 7.97. The second kappa shape index (κ2) is 4.89. The summed E-state index contributed by atoms with van der Waals surface area (Å²) >= 11 is 1.60. The standard InChI is InChI=1S/C12H16N2OS/c1-9(15)14-7-3-4-10-8-11(16-13-2)5-6-12(10)14/h5-6,8,13H,3-4,7H2,1-2H3. The van der Waals surface area contributed by atoms with Gasteiger partial charge in [-0.3, -0.25) is 9.52 Å². The average Bonchev–Trinajstić information content (AvgIpc) is 2.28. The number of carbonyl (C=O) groups excluding carboxylic acids is 1. The molecule has 2 rings (SSSR count). The van der Waals surface area contributed by atoms with Crippen LogP contribution in [-0.4, -0.2) is 19.5 Å². The SMILES string of the molecule is CNSc1ccc2c(c1)CCCN2C(C)=O. The van der Waals surface area contributed by atoms with E-state index in [1.54, 1.807) is 18.9 Å². The predicted octanol–water partition coefficient (Wildman–Crippen LogP) is 2.21. The maximum atomic E-state index is 11.5. The molecule has 0 bridgehead atoms. The topological polar surface area (TPSA) is 32.3 Å². The van der Waals surface area contributed by atoms with Crippen molar-refractivity contribution in [2.75, 3.05) is 18.5 Å². The van der Waals surface area contributed by atoms with Gasteiger partial charge < -0.3 is 4.90 Å². The van der Waals surface area contributed by atoms with Gasteiger partial charge in [0.1, 0.15) is 0 Å². The molecular weight excluding hydrogens is 220 g/mol. The van der Waals surface area contributed by atoms with E-state index in [0.29, 0.717) is 0 Å². The fourth-order valence-corrected chi connectivity index (χ4v) is 2.65. The minimum absolute atomic E-state index is 0.134. The largest absolute Gasteiger partial charge is 0.312 e. The highest BCUT2D eigenvalue weighted by atomic mass is 32.2. The van der Waals surface area contributed by atoms with Crippen LogP contribution in [0, 0.1) is 0 Å². The van der Waals surface area contributed by atoms with Gasteiger partial charge in [-0.2, -0.15) is 0 Å². The van der Waals surface area contributed by atoms with Gasteiger partial charge in [-0.25, -0.2) is 0 Å². The minimum Gasteiger partial charge on any atom is -0.312 e. The van der Waals surface area contributed by atoms with Crippen molar-refractivity contribution in [3.8, 4) is 0 Å². The van der Waals surface area contributed by atoms with Gasteiger partial charge in [0.25, 0.3) is 0 Å². The van der Waals surface area contributed by atoms with Crippen molar-refractivity contribution >= 4 is 23.5 Å². The number of carbonyl (C=O) groups is 1. The summed E-state index contributed by atoms with van der Waals surface area (Å²) < 4.78 is 3.06. The summed E-state index contributed by atoms with van der Waals surface area (Å²) in [6, 6.07) is 6.28. The number of anilines is 1. The fraction of sp³-hybridized carbons (Fsp3) is 0.417. The van der Waals surface area contributed by atoms with Crippen LogP contribution in [0.4, 0.5) is 5.69 Å². The van der Waals surface area contributed by atoms with Crippen molar-refractivity contribution in [3.05, 3.63) is 23.8 Å². The van der Waals surface area contributed by atoms with E-state index in [0.717, 1.165) is 25.1 Å². The van der Waals surface area contributed by atoms with Crippen LogP contribution in [0.1, 0.15) is 18.9 Å². The summed E-state index contributed by atoms with van der Waals surface area (Å²) in [6.45, 7) is 2.48. The first-order chi connectivity index (χ1) is 7.72. The van der Waals surface area contributed by atoms with Gasteiger partial charge in [-0.05, 0) is 55.6 Å². The number of rotatable bonds is 2. The van der Waals surface area contributed by atoms with Gasteiger partial charge in [0, 0.05) is 24.1 Å². The molecule has 86 valence electrons. The van der Waals surface area contributed by atoms with Crippen molar-refractivity contribution in [3.63, 3.8) is 0 Å². The van der Waals surface area contributed by atoms with Crippen molar-refractivity contribution in [1.29, 1.82) is 0 Å². The molecule has 0 saturated heterocycles. The molecule has 0 aliphatic carbocycles. The second-order valence-corrected chi connectivity index (χ2v) is 4.95. The Hall–Kier alpha value is -1.00. The quantitative estimate of drug-likeness (QED) is 0.799. The Morgan fingerprint density at radius 2 is 2.31 bits per heavy atom. The van der Waals surface area contributed by atoms with E-state index in [4.69, 9.17) is 0 Å². The van der Waals surface area contributed by atoms with E-state index in [1.807, 2.05) is 11.9 Å². The predicted molar refractivity (Wildman–Crippen MR) is 67.7 cm³/mol. The average molecular weight is 236 g/mol. The first kappa shape index (κ1) is 11.5. The Labute approximate surface area is 100 Å². The van der Waals surface area contributed by atoms with E-state index in [1.165, 1.54) is 10.5 Å². The van der Waals surface area contributed by atoms with E-state index in [2.05, 4.69) is 22.9 Å². The molecule has 16 heavy (non-hydrogen) atoms. The zero-order valence-corrected chi connectivity index (χ0v) is 10.4. The number of aryl methyl sites for hydroxylation is 1. The molecule has 0 fully saturated rings. The third-order valence-corrected chi connectivity index (χ3v) is 3.46. The first-order valence-electron chi connectivity index (χ1n) is 5.47. The summed E-state index contributed by atoms with van der Waals surface area (Å²) in [7, 11) is 1.91. The maximum Gasteiger partial charge on any atom is 0.223 e. The van der Waals surface area contributed by atoms with Crippen LogP contribution in [0.15, 0.2) is 23.1 Å². The number of nitrogens with zero attached hydrogens (tertiary/aromatic N) is 1. The van der Waals surface area contributed by atoms with Gasteiger partial charge in [-0.1, -0.05) is 0 Å². The van der Waals surface area contributed by atoms with Crippen LogP contribution in [0.2, 0.25) is 0 Å². The van der Waals surface area contributed by atoms with E-state index in [9.17, 15) is 4.79 Å². The molecule has 1 aliphatic heterocycles. The molecule has 4 heteroatoms. The van der Waals surface area contributed by atoms with Crippen LogP contribution in [0.3, 0.4) is 0 Å². The monoisotopic (exact) mass is 236 g/mol. The number of fused-ring (bicyclic) bond motifs is 1. The van der Waals surface area contributed by atoms with Gasteiger partial charge in [-0.15, -0.1) is 0 Å². The summed E-state index contributed by atoms with van der Waals surface area (Å²) in [5.74, 6) is 0.134. The zero-order chi connectivity index (χ0) is 11.5. The normalized spacial score (nSPS) is 14.8. The molecule has 0 aromatic heterocycles. The summed E-state index contributed by atoms with van der Waals surface area (Å²) in [5.41, 5.74) is 2.36. The Morgan fingerprint density at radius 1 is 1.50 bits per heavy atom. The second-order valence-electron chi connectivity index (χ2n) is 3.87. The van der Waals surface area contributed by atoms with Crippen LogP contribution in [0.25, 0.3) is 0 Å². The number of benzene rings is 1. The van der Waals surface area contributed by atoms with Crippen molar-refractivity contribution in [2.45, 2.75) is 24.7 Å². The maximum absolute atomic E-state index is 11.5. The lowest BCUT2D eigenvalue weighted by molar-refractivity contribution is -0.116. The van der Waals surface area contributed by atoms with Gasteiger partial charge in [0.2, 0.25) is 5.91 Å². The van der Waals surface area contributed by atoms with Gasteiger partial charge in [0.05, 0.1) is 0 Å². The Morgan fingerprint density at radius 3 is 3.00 bits per heavy atom. The molecule has 0 spiro atoms. The molecule has 0 saturated carbocycles. The summed E-state index contributed by atoms with van der Waals surface area (Å²) in [4.78, 5) is 14.5. The van der Waals surface area contributed by atoms with Crippen molar-refractivity contribution in [2.24, 2.45) is 0 Å². The highest BCUT2D eigenvalue weighted by Crippen LogP contribution is 2.30. The van der Waals surface area contributed by atoms with Crippen LogP contribution >= 0.6 is 11.9 Å². The smallest absolute Gasteiger partial charge is 0.223 e.